The number of hydrogen-bond acceptors (Lipinski definition) is 4. The molecule has 0 spiro atoms. The van der Waals surface area contributed by atoms with Gasteiger partial charge in [0.15, 0.2) is 0 Å². The van der Waals surface area contributed by atoms with Crippen molar-refractivity contribution >= 4 is 29.4 Å². The van der Waals surface area contributed by atoms with Crippen LogP contribution >= 0.6 is 0 Å². The molecule has 0 aliphatic carbocycles. The summed E-state index contributed by atoms with van der Waals surface area (Å²) in [5.41, 5.74) is -0.563. The lowest BCUT2D eigenvalue weighted by Crippen LogP contribution is -2.54. The second-order valence-electron chi connectivity index (χ2n) is 9.57. The maximum atomic E-state index is 14.2. The number of fused-ring (bicyclic) bond motifs is 3. The smallest absolute Gasteiger partial charge is 0.300 e. The largest absolute Gasteiger partial charge is 0.332 e. The number of benzene rings is 2. The zero-order valence-corrected chi connectivity index (χ0v) is 19.3. The van der Waals surface area contributed by atoms with Gasteiger partial charge in [-0.1, -0.05) is 44.2 Å². The highest BCUT2D eigenvalue weighted by Crippen LogP contribution is 2.60. The Hall–Kier alpha value is -3.55. The fourth-order valence-electron chi connectivity index (χ4n) is 6.12. The fourth-order valence-corrected chi connectivity index (χ4v) is 6.12. The van der Waals surface area contributed by atoms with E-state index in [0.29, 0.717) is 5.56 Å². The van der Waals surface area contributed by atoms with Crippen molar-refractivity contribution in [2.45, 2.75) is 38.8 Å². The molecule has 8 heteroatoms. The van der Waals surface area contributed by atoms with Gasteiger partial charge in [-0.3, -0.25) is 19.3 Å². The van der Waals surface area contributed by atoms with E-state index in [1.807, 2.05) is 44.2 Å². The number of anilines is 1. The molecule has 0 radical (unpaired) electrons. The van der Waals surface area contributed by atoms with E-state index in [-0.39, 0.29) is 30.5 Å². The predicted octanol–water partition coefficient (Wildman–Crippen LogP) is 3.76. The average Bonchev–Trinajstić information content (AvgIpc) is 3.32. The number of amides is 5. The average molecular weight is 464 g/mol. The van der Waals surface area contributed by atoms with Crippen LogP contribution < -0.4 is 4.90 Å². The third-order valence-electron chi connectivity index (χ3n) is 7.24. The standard InChI is InChI=1S/C26H26FN3O4/c1-4-28-22(31)19-20(23(28)32)26(14-15(2)3)24(33)29(18-12-10-17(27)11-13-18)25(34)30(26)21(19)16-8-6-5-7-9-16/h5-13,15,19-21H,4,14H2,1-3H3/t19-,20-,21-,26-/m1/s1. The molecule has 176 valence electrons. The molecule has 0 saturated carbocycles. The highest BCUT2D eigenvalue weighted by Gasteiger charge is 2.77. The summed E-state index contributed by atoms with van der Waals surface area (Å²) >= 11 is 0. The van der Waals surface area contributed by atoms with Crippen molar-refractivity contribution < 1.29 is 23.6 Å². The molecule has 7 nitrogen and oxygen atoms in total. The normalized spacial score (nSPS) is 28.4. The zero-order chi connectivity index (χ0) is 24.4. The van der Waals surface area contributed by atoms with Gasteiger partial charge in [-0.05, 0) is 49.1 Å². The van der Waals surface area contributed by atoms with Crippen molar-refractivity contribution in [3.05, 3.63) is 66.0 Å². The van der Waals surface area contributed by atoms with Crippen molar-refractivity contribution in [3.63, 3.8) is 0 Å². The number of hydrogen-bond donors (Lipinski definition) is 0. The summed E-state index contributed by atoms with van der Waals surface area (Å²) < 4.78 is 13.6. The molecule has 0 N–H and O–H groups in total. The lowest BCUT2D eigenvalue weighted by Gasteiger charge is -2.36. The van der Waals surface area contributed by atoms with Gasteiger partial charge in [-0.2, -0.15) is 0 Å². The van der Waals surface area contributed by atoms with Gasteiger partial charge < -0.3 is 4.90 Å². The van der Waals surface area contributed by atoms with Crippen LogP contribution in [-0.4, -0.2) is 45.6 Å². The summed E-state index contributed by atoms with van der Waals surface area (Å²) in [7, 11) is 0. The molecular formula is C26H26FN3O4. The monoisotopic (exact) mass is 463 g/mol. The van der Waals surface area contributed by atoms with Crippen molar-refractivity contribution in [1.29, 1.82) is 0 Å². The summed E-state index contributed by atoms with van der Waals surface area (Å²) in [5.74, 6) is -3.64. The van der Waals surface area contributed by atoms with Gasteiger partial charge in [0.05, 0.1) is 23.6 Å². The first kappa shape index (κ1) is 22.3. The Morgan fingerprint density at radius 2 is 1.59 bits per heavy atom. The number of nitrogens with zero attached hydrogens (tertiary/aromatic N) is 3. The first-order valence-corrected chi connectivity index (χ1v) is 11.6. The van der Waals surface area contributed by atoms with Crippen LogP contribution in [0, 0.1) is 23.6 Å². The van der Waals surface area contributed by atoms with E-state index in [4.69, 9.17) is 0 Å². The maximum Gasteiger partial charge on any atom is 0.332 e. The van der Waals surface area contributed by atoms with E-state index in [0.717, 1.165) is 4.90 Å². The Morgan fingerprint density at radius 1 is 0.941 bits per heavy atom. The minimum Gasteiger partial charge on any atom is -0.300 e. The quantitative estimate of drug-likeness (QED) is 0.500. The van der Waals surface area contributed by atoms with Gasteiger partial charge in [0.2, 0.25) is 11.8 Å². The van der Waals surface area contributed by atoms with Crippen LogP contribution in [0.15, 0.2) is 54.6 Å². The molecule has 0 bridgehead atoms. The first-order chi connectivity index (χ1) is 16.2. The molecule has 5 rings (SSSR count). The summed E-state index contributed by atoms with van der Waals surface area (Å²) in [6, 6.07) is 12.9. The molecule has 0 unspecified atom stereocenters. The van der Waals surface area contributed by atoms with Crippen LogP contribution in [0.1, 0.15) is 38.8 Å². The van der Waals surface area contributed by atoms with Crippen LogP contribution in [0.25, 0.3) is 0 Å². The van der Waals surface area contributed by atoms with E-state index in [1.54, 1.807) is 6.92 Å². The van der Waals surface area contributed by atoms with Crippen LogP contribution in [-0.2, 0) is 14.4 Å². The molecule has 5 amide bonds. The van der Waals surface area contributed by atoms with Crippen molar-refractivity contribution in [2.24, 2.45) is 17.8 Å². The third-order valence-corrected chi connectivity index (χ3v) is 7.24. The van der Waals surface area contributed by atoms with Gasteiger partial charge in [-0.25, -0.2) is 14.1 Å². The van der Waals surface area contributed by atoms with E-state index < -0.39 is 47.1 Å². The first-order valence-electron chi connectivity index (χ1n) is 11.6. The van der Waals surface area contributed by atoms with Crippen LogP contribution in [0.4, 0.5) is 14.9 Å². The highest BCUT2D eigenvalue weighted by molar-refractivity contribution is 6.26. The number of rotatable bonds is 5. The van der Waals surface area contributed by atoms with E-state index in [1.165, 1.54) is 34.1 Å². The number of halogens is 1. The molecule has 0 aromatic heterocycles. The Labute approximate surface area is 197 Å². The molecule has 2 aromatic carbocycles. The second kappa shape index (κ2) is 7.75. The highest BCUT2D eigenvalue weighted by atomic mass is 19.1. The van der Waals surface area contributed by atoms with Crippen LogP contribution in [0.3, 0.4) is 0 Å². The molecular weight excluding hydrogens is 437 g/mol. The molecule has 3 heterocycles. The number of urea groups is 1. The fraction of sp³-hybridized carbons (Fsp3) is 0.385. The molecule has 4 atom stereocenters. The summed E-state index contributed by atoms with van der Waals surface area (Å²) in [6.07, 6.45) is 0.232. The Morgan fingerprint density at radius 3 is 2.18 bits per heavy atom. The van der Waals surface area contributed by atoms with E-state index >= 15 is 0 Å². The third kappa shape index (κ3) is 2.80. The van der Waals surface area contributed by atoms with Crippen molar-refractivity contribution in [1.82, 2.24) is 9.80 Å². The van der Waals surface area contributed by atoms with Gasteiger partial charge in [0.25, 0.3) is 5.91 Å². The van der Waals surface area contributed by atoms with Crippen LogP contribution in [0.2, 0.25) is 0 Å². The minimum atomic E-state index is -1.50. The van der Waals surface area contributed by atoms with Crippen LogP contribution in [0.5, 0.6) is 0 Å². The number of imide groups is 2. The summed E-state index contributed by atoms with van der Waals surface area (Å²) in [6.45, 7) is 5.78. The van der Waals surface area contributed by atoms with Gasteiger partial charge >= 0.3 is 6.03 Å². The minimum absolute atomic E-state index is 0.0406. The van der Waals surface area contributed by atoms with Gasteiger partial charge in [-0.15, -0.1) is 0 Å². The Kier molecular flexibility index (Phi) is 5.07. The van der Waals surface area contributed by atoms with Crippen molar-refractivity contribution in [2.75, 3.05) is 11.4 Å². The molecule has 3 aliphatic rings. The topological polar surface area (TPSA) is 78.0 Å². The van der Waals surface area contributed by atoms with Gasteiger partial charge in [0.1, 0.15) is 11.4 Å². The number of carbonyl (C=O) groups excluding carboxylic acids is 4. The Balaban J connectivity index is 1.76. The second-order valence-corrected chi connectivity index (χ2v) is 9.57. The lowest BCUT2D eigenvalue weighted by atomic mass is 9.74. The Bertz CT molecular complexity index is 1180. The van der Waals surface area contributed by atoms with E-state index in [2.05, 4.69) is 0 Å². The van der Waals surface area contributed by atoms with Gasteiger partial charge in [0, 0.05) is 6.54 Å². The molecule has 3 aliphatic heterocycles. The summed E-state index contributed by atoms with van der Waals surface area (Å²) in [5, 5.41) is 0. The maximum absolute atomic E-state index is 14.2. The van der Waals surface area contributed by atoms with Crippen molar-refractivity contribution in [3.8, 4) is 0 Å². The molecule has 34 heavy (non-hydrogen) atoms. The predicted molar refractivity (Wildman–Crippen MR) is 122 cm³/mol. The lowest BCUT2D eigenvalue weighted by molar-refractivity contribution is -0.144. The zero-order valence-electron chi connectivity index (χ0n) is 19.3. The molecule has 3 fully saturated rings. The molecule has 2 aromatic rings. The molecule has 3 saturated heterocycles. The number of carbonyl (C=O) groups is 4. The summed E-state index contributed by atoms with van der Waals surface area (Å²) in [4.78, 5) is 59.0. The SMILES string of the molecule is CCN1C(=O)[C@H]2[C@@H](c3ccccc3)N3C(=O)N(c4ccc(F)cc4)C(=O)[C@@]3(CC(C)C)[C@H]2C1=O. The van der Waals surface area contributed by atoms with E-state index in [9.17, 15) is 23.6 Å². The number of likely N-dealkylation sites (tertiary alicyclic amines) is 1.